The topological polar surface area (TPSA) is 13.1 Å². The lowest BCUT2D eigenvalue weighted by atomic mass is 9.86. The van der Waals surface area contributed by atoms with E-state index in [1.807, 2.05) is 0 Å². The summed E-state index contributed by atoms with van der Waals surface area (Å²) in [4.78, 5) is 0. The van der Waals surface area contributed by atoms with Gasteiger partial charge in [-0.05, 0) is 110 Å². The summed E-state index contributed by atoms with van der Waals surface area (Å²) < 4.78 is 6.77. The SMILES string of the molecule is c1cc2ccc3ccc(-c4ccc5c(-c6ccc7ccc8cccc9ccc6c7c89)c6oc7ccccc7c6cc5c4)c4ccc(c1)c2c34. The molecule has 12 aromatic rings. The first-order valence-electron chi connectivity index (χ1n) is 17.0. The lowest BCUT2D eigenvalue weighted by molar-refractivity contribution is 0.670. The van der Waals surface area contributed by atoms with Crippen molar-refractivity contribution in [3.63, 3.8) is 0 Å². The van der Waals surface area contributed by atoms with Crippen LogP contribution in [-0.4, -0.2) is 0 Å². The van der Waals surface area contributed by atoms with Gasteiger partial charge < -0.3 is 4.42 Å². The van der Waals surface area contributed by atoms with Crippen molar-refractivity contribution in [3.8, 4) is 22.3 Å². The van der Waals surface area contributed by atoms with E-state index >= 15 is 0 Å². The highest BCUT2D eigenvalue weighted by molar-refractivity contribution is 6.29. The Labute approximate surface area is 280 Å². The second kappa shape index (κ2) is 9.13. The number of fused-ring (bicyclic) bond motifs is 4. The molecule has 0 atom stereocenters. The quantitative estimate of drug-likeness (QED) is 0.176. The summed E-state index contributed by atoms with van der Waals surface area (Å²) in [5.74, 6) is 0. The average molecular weight is 619 g/mol. The van der Waals surface area contributed by atoms with Crippen molar-refractivity contribution in [1.29, 1.82) is 0 Å². The lowest BCUT2D eigenvalue weighted by Gasteiger charge is -2.17. The molecule has 1 heteroatoms. The lowest BCUT2D eigenvalue weighted by Crippen LogP contribution is -1.90. The second-order valence-electron chi connectivity index (χ2n) is 13.6. The molecule has 0 amide bonds. The predicted molar refractivity (Wildman–Crippen MR) is 210 cm³/mol. The van der Waals surface area contributed by atoms with Crippen LogP contribution in [0.3, 0.4) is 0 Å². The third-order valence-corrected chi connectivity index (χ3v) is 11.1. The summed E-state index contributed by atoms with van der Waals surface area (Å²) in [7, 11) is 0. The van der Waals surface area contributed by atoms with Crippen LogP contribution in [0.5, 0.6) is 0 Å². The maximum Gasteiger partial charge on any atom is 0.143 e. The standard InChI is InChI=1S/C48H26O/c1-2-10-42-37(9-1)41-26-34-25-33(35-20-15-31-13-11-27-5-3-7-29-16-22-38(35)45(31)43(27)29)19-21-36(34)47(48(41)49-42)40-24-18-32-14-12-28-6-4-8-30-17-23-39(40)46(32)44(28)30/h1-26H. The van der Waals surface area contributed by atoms with Crippen LogP contribution in [0.4, 0.5) is 0 Å². The molecule has 1 heterocycles. The summed E-state index contributed by atoms with van der Waals surface area (Å²) in [6.45, 7) is 0. The van der Waals surface area contributed by atoms with Crippen molar-refractivity contribution in [2.75, 3.05) is 0 Å². The summed E-state index contributed by atoms with van der Waals surface area (Å²) in [6.07, 6.45) is 0. The minimum absolute atomic E-state index is 0.916. The smallest absolute Gasteiger partial charge is 0.143 e. The van der Waals surface area contributed by atoms with Crippen molar-refractivity contribution in [3.05, 3.63) is 158 Å². The van der Waals surface area contributed by atoms with Crippen LogP contribution in [0.1, 0.15) is 0 Å². The van der Waals surface area contributed by atoms with Gasteiger partial charge in [-0.3, -0.25) is 0 Å². The van der Waals surface area contributed by atoms with Gasteiger partial charge in [0.25, 0.3) is 0 Å². The second-order valence-corrected chi connectivity index (χ2v) is 13.6. The van der Waals surface area contributed by atoms with Crippen LogP contribution in [0.2, 0.25) is 0 Å². The van der Waals surface area contributed by atoms with Crippen molar-refractivity contribution >= 4 is 97.3 Å². The fraction of sp³-hybridized carbons (Fsp3) is 0. The summed E-state index contributed by atoms with van der Waals surface area (Å²) in [5.41, 5.74) is 6.70. The van der Waals surface area contributed by atoms with Gasteiger partial charge in [0.05, 0.1) is 0 Å². The molecule has 0 radical (unpaired) electrons. The molecule has 0 aliphatic carbocycles. The maximum atomic E-state index is 6.77. The summed E-state index contributed by atoms with van der Waals surface area (Å²) >= 11 is 0. The summed E-state index contributed by atoms with van der Waals surface area (Å²) in [5, 5.41) is 20.3. The Kier molecular flexibility index (Phi) is 4.77. The average Bonchev–Trinajstić information content (AvgIpc) is 3.53. The Morgan fingerprint density at radius 3 is 1.51 bits per heavy atom. The minimum atomic E-state index is 0.916. The highest BCUT2D eigenvalue weighted by atomic mass is 16.3. The van der Waals surface area contributed by atoms with E-state index < -0.39 is 0 Å². The molecule has 0 saturated carbocycles. The van der Waals surface area contributed by atoms with Crippen LogP contribution in [-0.2, 0) is 0 Å². The van der Waals surface area contributed by atoms with E-state index in [0.717, 1.165) is 27.5 Å². The third-order valence-electron chi connectivity index (χ3n) is 11.1. The molecule has 1 nitrogen and oxygen atoms in total. The fourth-order valence-corrected chi connectivity index (χ4v) is 8.96. The van der Waals surface area contributed by atoms with E-state index in [-0.39, 0.29) is 0 Å². The van der Waals surface area contributed by atoms with E-state index in [4.69, 9.17) is 4.42 Å². The van der Waals surface area contributed by atoms with Gasteiger partial charge in [0.2, 0.25) is 0 Å². The van der Waals surface area contributed by atoms with Crippen LogP contribution in [0.15, 0.2) is 162 Å². The van der Waals surface area contributed by atoms with Crippen LogP contribution in [0, 0.1) is 0 Å². The monoisotopic (exact) mass is 618 g/mol. The number of rotatable bonds is 2. The maximum absolute atomic E-state index is 6.77. The Morgan fingerprint density at radius 2 is 0.837 bits per heavy atom. The van der Waals surface area contributed by atoms with Crippen LogP contribution in [0.25, 0.3) is 120 Å². The molecular formula is C48H26O. The predicted octanol–water partition coefficient (Wildman–Crippen LogP) is 13.9. The molecule has 49 heavy (non-hydrogen) atoms. The molecule has 1 aromatic heterocycles. The van der Waals surface area contributed by atoms with Gasteiger partial charge in [-0.1, -0.05) is 140 Å². The highest BCUT2D eigenvalue weighted by Crippen LogP contribution is 2.47. The van der Waals surface area contributed by atoms with Gasteiger partial charge in [0.15, 0.2) is 0 Å². The Morgan fingerprint density at radius 1 is 0.306 bits per heavy atom. The Hall–Kier alpha value is -6.44. The van der Waals surface area contributed by atoms with Crippen LogP contribution >= 0.6 is 0 Å². The van der Waals surface area contributed by atoms with Crippen molar-refractivity contribution in [2.45, 2.75) is 0 Å². The zero-order chi connectivity index (χ0) is 31.8. The summed E-state index contributed by atoms with van der Waals surface area (Å²) in [6, 6.07) is 58.4. The highest BCUT2D eigenvalue weighted by Gasteiger charge is 2.21. The molecule has 11 aromatic carbocycles. The van der Waals surface area contributed by atoms with Crippen molar-refractivity contribution in [1.82, 2.24) is 0 Å². The molecule has 0 aliphatic heterocycles. The molecule has 0 fully saturated rings. The number of benzene rings is 11. The number of hydrogen-bond donors (Lipinski definition) is 0. The van der Waals surface area contributed by atoms with Gasteiger partial charge >= 0.3 is 0 Å². The first-order valence-corrected chi connectivity index (χ1v) is 17.0. The van der Waals surface area contributed by atoms with Crippen molar-refractivity contribution < 1.29 is 4.42 Å². The molecule has 224 valence electrons. The number of furan rings is 1. The van der Waals surface area contributed by atoms with Gasteiger partial charge in [-0.25, -0.2) is 0 Å². The normalized spacial score (nSPS) is 12.5. The van der Waals surface area contributed by atoms with E-state index in [1.54, 1.807) is 0 Å². The third kappa shape index (κ3) is 3.34. The van der Waals surface area contributed by atoms with E-state index in [0.29, 0.717) is 0 Å². The van der Waals surface area contributed by atoms with Gasteiger partial charge in [-0.2, -0.15) is 0 Å². The molecule has 0 unspecified atom stereocenters. The van der Waals surface area contributed by atoms with E-state index in [2.05, 4.69) is 158 Å². The zero-order valence-corrected chi connectivity index (χ0v) is 26.4. The van der Waals surface area contributed by atoms with Crippen LogP contribution < -0.4 is 0 Å². The molecule has 0 N–H and O–H groups in total. The first kappa shape index (κ1) is 25.6. The zero-order valence-electron chi connectivity index (χ0n) is 26.4. The molecule has 0 saturated heterocycles. The minimum Gasteiger partial charge on any atom is -0.455 e. The van der Waals surface area contributed by atoms with E-state index in [1.165, 1.54) is 92.1 Å². The molecule has 0 bridgehead atoms. The molecule has 12 rings (SSSR count). The van der Waals surface area contributed by atoms with Crippen molar-refractivity contribution in [2.24, 2.45) is 0 Å². The van der Waals surface area contributed by atoms with Gasteiger partial charge in [0.1, 0.15) is 11.2 Å². The van der Waals surface area contributed by atoms with Gasteiger partial charge in [-0.15, -0.1) is 0 Å². The number of hydrogen-bond acceptors (Lipinski definition) is 1. The molecule has 0 aliphatic rings. The largest absolute Gasteiger partial charge is 0.455 e. The first-order chi connectivity index (χ1) is 24.3. The molecular weight excluding hydrogens is 593 g/mol. The Balaban J connectivity index is 1.19. The fourth-order valence-electron chi connectivity index (χ4n) is 8.96. The Bertz CT molecular complexity index is 3290. The number of para-hydroxylation sites is 1. The van der Waals surface area contributed by atoms with E-state index in [9.17, 15) is 0 Å². The van der Waals surface area contributed by atoms with Gasteiger partial charge in [0, 0.05) is 16.3 Å². The molecule has 0 spiro atoms.